The minimum absolute atomic E-state index is 0.241. The van der Waals surface area contributed by atoms with Crippen molar-refractivity contribution < 1.29 is 38.0 Å². The fraction of sp³-hybridized carbons (Fsp3) is 0.0833. The highest BCUT2D eigenvalue weighted by molar-refractivity contribution is 6.59. The molecule has 4 rings (SSSR count). The summed E-state index contributed by atoms with van der Waals surface area (Å²) < 4.78 is 31.0. The standard InChI is InChI=1S/C24H22B2F2N2O4/c27-21-3-5-23(25(31)32)19(12-21)15-29-10-7-17(8-11-29)18-2-1-9-30(14-18)16-20-13-22(28)4-6-24(20)26(33)34/h1-14,31-34H,15-16H2/q+2. The zero-order valence-corrected chi connectivity index (χ0v) is 18.1. The maximum atomic E-state index is 13.7. The van der Waals surface area contributed by atoms with Gasteiger partial charge < -0.3 is 20.1 Å². The van der Waals surface area contributed by atoms with E-state index >= 15 is 0 Å². The van der Waals surface area contributed by atoms with Crippen LogP contribution in [0.15, 0.2) is 85.5 Å². The molecule has 4 N–H and O–H groups in total. The normalized spacial score (nSPS) is 10.9. The number of hydrogen-bond acceptors (Lipinski definition) is 4. The first kappa shape index (κ1) is 23.7. The molecule has 0 aliphatic rings. The summed E-state index contributed by atoms with van der Waals surface area (Å²) in [4.78, 5) is 0. The van der Waals surface area contributed by atoms with Gasteiger partial charge in [-0.25, -0.2) is 17.9 Å². The van der Waals surface area contributed by atoms with Crippen molar-refractivity contribution in [2.24, 2.45) is 0 Å². The molecule has 4 aromatic rings. The molecule has 2 heterocycles. The van der Waals surface area contributed by atoms with Gasteiger partial charge >= 0.3 is 14.2 Å². The molecule has 0 fully saturated rings. The Morgan fingerprint density at radius 2 is 1.15 bits per heavy atom. The molecule has 34 heavy (non-hydrogen) atoms. The molecule has 0 amide bonds. The molecule has 0 saturated carbocycles. The van der Waals surface area contributed by atoms with Crippen LogP contribution in [0.25, 0.3) is 11.1 Å². The highest BCUT2D eigenvalue weighted by atomic mass is 19.1. The van der Waals surface area contributed by atoms with Crippen molar-refractivity contribution >= 4 is 25.2 Å². The van der Waals surface area contributed by atoms with Crippen molar-refractivity contribution in [3.05, 3.63) is 108 Å². The molecule has 0 bridgehead atoms. The van der Waals surface area contributed by atoms with Gasteiger partial charge in [-0.3, -0.25) is 0 Å². The topological polar surface area (TPSA) is 88.7 Å². The van der Waals surface area contributed by atoms with Crippen LogP contribution in [0.3, 0.4) is 0 Å². The monoisotopic (exact) mass is 462 g/mol. The van der Waals surface area contributed by atoms with Gasteiger partial charge in [-0.2, -0.15) is 0 Å². The lowest BCUT2D eigenvalue weighted by molar-refractivity contribution is -0.688. The molecule has 2 aromatic carbocycles. The van der Waals surface area contributed by atoms with Crippen LogP contribution in [0.5, 0.6) is 0 Å². The molecular formula is C24H22B2F2N2O4+2. The summed E-state index contributed by atoms with van der Waals surface area (Å²) >= 11 is 0. The lowest BCUT2D eigenvalue weighted by Gasteiger charge is -2.08. The minimum atomic E-state index is -1.70. The molecule has 0 radical (unpaired) electrons. The Morgan fingerprint density at radius 1 is 0.618 bits per heavy atom. The van der Waals surface area contributed by atoms with Gasteiger partial charge in [0.15, 0.2) is 37.9 Å². The van der Waals surface area contributed by atoms with Crippen LogP contribution in [-0.2, 0) is 13.1 Å². The molecule has 170 valence electrons. The predicted octanol–water partition coefficient (Wildman–Crippen LogP) is -0.337. The molecule has 0 aliphatic heterocycles. The van der Waals surface area contributed by atoms with Crippen LogP contribution in [0.1, 0.15) is 11.1 Å². The highest BCUT2D eigenvalue weighted by Gasteiger charge is 2.20. The second kappa shape index (κ2) is 10.2. The van der Waals surface area contributed by atoms with Crippen LogP contribution in [-0.4, -0.2) is 34.3 Å². The van der Waals surface area contributed by atoms with Crippen LogP contribution >= 0.6 is 0 Å². The molecule has 0 unspecified atom stereocenters. The van der Waals surface area contributed by atoms with E-state index in [1.807, 2.05) is 35.0 Å². The summed E-state index contributed by atoms with van der Waals surface area (Å²) in [6, 6.07) is 15.1. The van der Waals surface area contributed by atoms with Crippen LogP contribution in [0.2, 0.25) is 0 Å². The van der Waals surface area contributed by atoms with Gasteiger partial charge in [0.25, 0.3) is 0 Å². The number of benzene rings is 2. The fourth-order valence-corrected chi connectivity index (χ4v) is 3.87. The molecule has 2 aromatic heterocycles. The SMILES string of the molecule is OB(O)c1ccc(F)cc1C[n+]1ccc(-c2ccc[n+](Cc3cc(F)ccc3B(O)O)c2)cc1. The molecule has 10 heteroatoms. The zero-order valence-electron chi connectivity index (χ0n) is 18.1. The van der Waals surface area contributed by atoms with Crippen molar-refractivity contribution in [1.82, 2.24) is 0 Å². The third-order valence-corrected chi connectivity index (χ3v) is 5.55. The maximum Gasteiger partial charge on any atom is 0.488 e. The highest BCUT2D eigenvalue weighted by Crippen LogP contribution is 2.15. The molecule has 0 saturated heterocycles. The second-order valence-corrected chi connectivity index (χ2v) is 7.96. The van der Waals surface area contributed by atoms with Gasteiger partial charge in [0.05, 0.1) is 0 Å². The third kappa shape index (κ3) is 5.55. The van der Waals surface area contributed by atoms with Gasteiger partial charge in [-0.1, -0.05) is 12.1 Å². The summed E-state index contributed by atoms with van der Waals surface area (Å²) in [6.07, 6.45) is 7.28. The molecule has 0 spiro atoms. The summed E-state index contributed by atoms with van der Waals surface area (Å²) in [5.41, 5.74) is 3.18. The smallest absolute Gasteiger partial charge is 0.423 e. The Balaban J connectivity index is 1.55. The number of aromatic nitrogens is 2. The first-order chi connectivity index (χ1) is 16.3. The Hall–Kier alpha value is -3.43. The van der Waals surface area contributed by atoms with Crippen LogP contribution < -0.4 is 20.1 Å². The number of halogens is 2. The summed E-state index contributed by atoms with van der Waals surface area (Å²) in [5, 5.41) is 38.2. The van der Waals surface area contributed by atoms with Crippen LogP contribution in [0.4, 0.5) is 8.78 Å². The average Bonchev–Trinajstić information content (AvgIpc) is 2.79. The first-order valence-electron chi connectivity index (χ1n) is 10.6. The average molecular weight is 462 g/mol. The Morgan fingerprint density at radius 3 is 1.68 bits per heavy atom. The van der Waals surface area contributed by atoms with E-state index in [2.05, 4.69) is 0 Å². The quantitative estimate of drug-likeness (QED) is 0.224. The van der Waals surface area contributed by atoms with Crippen molar-refractivity contribution in [3.63, 3.8) is 0 Å². The van der Waals surface area contributed by atoms with E-state index in [1.54, 1.807) is 23.2 Å². The van der Waals surface area contributed by atoms with Crippen LogP contribution in [0, 0.1) is 11.6 Å². The van der Waals surface area contributed by atoms with Crippen molar-refractivity contribution in [2.45, 2.75) is 13.1 Å². The van der Waals surface area contributed by atoms with Crippen molar-refractivity contribution in [2.75, 3.05) is 0 Å². The van der Waals surface area contributed by atoms with Gasteiger partial charge in [0, 0.05) is 34.9 Å². The molecule has 0 aliphatic carbocycles. The van der Waals surface area contributed by atoms with Gasteiger partial charge in [0.2, 0.25) is 0 Å². The fourth-order valence-electron chi connectivity index (χ4n) is 3.87. The third-order valence-electron chi connectivity index (χ3n) is 5.55. The summed E-state index contributed by atoms with van der Waals surface area (Å²) in [5.74, 6) is -0.917. The molecule has 6 nitrogen and oxygen atoms in total. The predicted molar refractivity (Wildman–Crippen MR) is 123 cm³/mol. The number of nitrogens with zero attached hydrogens (tertiary/aromatic N) is 2. The lowest BCUT2D eigenvalue weighted by Crippen LogP contribution is -2.41. The van der Waals surface area contributed by atoms with E-state index in [9.17, 15) is 28.9 Å². The van der Waals surface area contributed by atoms with E-state index < -0.39 is 25.9 Å². The lowest BCUT2D eigenvalue weighted by atomic mass is 9.77. The van der Waals surface area contributed by atoms with Gasteiger partial charge in [-0.05, 0) is 46.8 Å². The second-order valence-electron chi connectivity index (χ2n) is 7.96. The maximum absolute atomic E-state index is 13.7. The van der Waals surface area contributed by atoms with Gasteiger partial charge in [-0.15, -0.1) is 0 Å². The van der Waals surface area contributed by atoms with Crippen molar-refractivity contribution in [1.29, 1.82) is 0 Å². The van der Waals surface area contributed by atoms with E-state index in [0.717, 1.165) is 11.1 Å². The van der Waals surface area contributed by atoms with E-state index in [4.69, 9.17) is 0 Å². The summed E-state index contributed by atoms with van der Waals surface area (Å²) in [6.45, 7) is 0.503. The minimum Gasteiger partial charge on any atom is -0.423 e. The molecular weight excluding hydrogens is 440 g/mol. The number of pyridine rings is 2. The number of rotatable bonds is 7. The van der Waals surface area contributed by atoms with Gasteiger partial charge in [0.1, 0.15) is 11.6 Å². The Bertz CT molecular complexity index is 1300. The number of hydrogen-bond donors (Lipinski definition) is 4. The Kier molecular flexibility index (Phi) is 7.14. The Labute approximate surface area is 195 Å². The molecule has 0 atom stereocenters. The first-order valence-corrected chi connectivity index (χ1v) is 10.6. The largest absolute Gasteiger partial charge is 0.488 e. The van der Waals surface area contributed by atoms with E-state index in [0.29, 0.717) is 11.1 Å². The van der Waals surface area contributed by atoms with Crippen molar-refractivity contribution in [3.8, 4) is 11.1 Å². The van der Waals surface area contributed by atoms with E-state index in [-0.39, 0.29) is 24.0 Å². The van der Waals surface area contributed by atoms with E-state index in [1.165, 1.54) is 36.4 Å². The summed E-state index contributed by atoms with van der Waals surface area (Å²) in [7, 11) is -3.39. The zero-order chi connectivity index (χ0) is 24.2.